The highest BCUT2D eigenvalue weighted by Gasteiger charge is 2.26. The lowest BCUT2D eigenvalue weighted by atomic mass is 9.81. The van der Waals surface area contributed by atoms with Crippen LogP contribution in [0, 0.1) is 11.2 Å². The fourth-order valence-electron chi connectivity index (χ4n) is 2.31. The molecular weight excluding hydrogens is 255 g/mol. The third-order valence-corrected chi connectivity index (χ3v) is 3.80. The molecule has 0 atom stereocenters. The summed E-state index contributed by atoms with van der Waals surface area (Å²) in [6.45, 7) is 4.93. The van der Waals surface area contributed by atoms with Crippen molar-refractivity contribution in [2.75, 3.05) is 19.6 Å². The zero-order valence-corrected chi connectivity index (χ0v) is 11.8. The summed E-state index contributed by atoms with van der Waals surface area (Å²) < 4.78 is 12.7. The van der Waals surface area contributed by atoms with Gasteiger partial charge in [-0.15, -0.1) is 0 Å². The van der Waals surface area contributed by atoms with Crippen LogP contribution >= 0.6 is 0 Å². The van der Waals surface area contributed by atoms with Crippen LogP contribution in [0.1, 0.15) is 25.3 Å². The van der Waals surface area contributed by atoms with Crippen molar-refractivity contribution in [1.29, 1.82) is 0 Å². The lowest BCUT2D eigenvalue weighted by Gasteiger charge is -2.33. The smallest absolute Gasteiger partial charge is 0.244 e. The van der Waals surface area contributed by atoms with Gasteiger partial charge in [0.25, 0.3) is 0 Å². The van der Waals surface area contributed by atoms with Gasteiger partial charge in [-0.3, -0.25) is 4.79 Å². The molecule has 0 spiro atoms. The van der Waals surface area contributed by atoms with Crippen LogP contribution in [-0.4, -0.2) is 25.5 Å². The Kier molecular flexibility index (Phi) is 4.90. The second-order valence-corrected chi connectivity index (χ2v) is 5.66. The van der Waals surface area contributed by atoms with Crippen LogP contribution in [0.3, 0.4) is 0 Å². The summed E-state index contributed by atoms with van der Waals surface area (Å²) in [6.07, 6.45) is 5.35. The van der Waals surface area contributed by atoms with E-state index in [0.717, 1.165) is 31.5 Å². The molecule has 1 aromatic carbocycles. The zero-order chi connectivity index (χ0) is 14.4. The number of piperidine rings is 1. The number of rotatable bonds is 4. The van der Waals surface area contributed by atoms with Gasteiger partial charge < -0.3 is 10.6 Å². The molecule has 1 amide bonds. The van der Waals surface area contributed by atoms with Crippen molar-refractivity contribution >= 4 is 12.0 Å². The van der Waals surface area contributed by atoms with Gasteiger partial charge in [0, 0.05) is 12.6 Å². The molecule has 0 bridgehead atoms. The molecule has 0 aliphatic carbocycles. The van der Waals surface area contributed by atoms with E-state index in [9.17, 15) is 9.18 Å². The van der Waals surface area contributed by atoms with Gasteiger partial charge in [-0.05, 0) is 55.1 Å². The van der Waals surface area contributed by atoms with Gasteiger partial charge in [-0.1, -0.05) is 19.1 Å². The van der Waals surface area contributed by atoms with Crippen LogP contribution in [0.4, 0.5) is 4.39 Å². The minimum Gasteiger partial charge on any atom is -0.352 e. The quantitative estimate of drug-likeness (QED) is 0.829. The molecule has 1 saturated heterocycles. The van der Waals surface area contributed by atoms with Crippen LogP contribution in [-0.2, 0) is 4.79 Å². The lowest BCUT2D eigenvalue weighted by molar-refractivity contribution is -0.117. The maximum absolute atomic E-state index is 12.7. The molecule has 3 nitrogen and oxygen atoms in total. The van der Waals surface area contributed by atoms with E-state index < -0.39 is 0 Å². The highest BCUT2D eigenvalue weighted by molar-refractivity contribution is 5.91. The molecule has 0 aromatic heterocycles. The van der Waals surface area contributed by atoms with Gasteiger partial charge in [0.1, 0.15) is 5.82 Å². The van der Waals surface area contributed by atoms with Crippen LogP contribution in [0.2, 0.25) is 0 Å². The first-order valence-corrected chi connectivity index (χ1v) is 7.00. The van der Waals surface area contributed by atoms with E-state index in [1.54, 1.807) is 18.2 Å². The van der Waals surface area contributed by atoms with Crippen molar-refractivity contribution in [3.05, 3.63) is 41.7 Å². The molecule has 2 N–H and O–H groups in total. The summed E-state index contributed by atoms with van der Waals surface area (Å²) in [5, 5.41) is 6.27. The van der Waals surface area contributed by atoms with Gasteiger partial charge in [-0.2, -0.15) is 0 Å². The zero-order valence-electron chi connectivity index (χ0n) is 11.8. The summed E-state index contributed by atoms with van der Waals surface area (Å²) >= 11 is 0. The summed E-state index contributed by atoms with van der Waals surface area (Å²) in [5.74, 6) is -0.375. The van der Waals surface area contributed by atoms with Gasteiger partial charge in [-0.25, -0.2) is 4.39 Å². The number of hydrogen-bond donors (Lipinski definition) is 2. The van der Waals surface area contributed by atoms with Crippen molar-refractivity contribution in [3.63, 3.8) is 0 Å². The maximum Gasteiger partial charge on any atom is 0.244 e. The Hall–Kier alpha value is -1.68. The average molecular weight is 276 g/mol. The van der Waals surface area contributed by atoms with Gasteiger partial charge >= 0.3 is 0 Å². The van der Waals surface area contributed by atoms with E-state index in [-0.39, 0.29) is 17.1 Å². The fraction of sp³-hybridized carbons (Fsp3) is 0.438. The Balaban J connectivity index is 1.81. The number of hydrogen-bond acceptors (Lipinski definition) is 2. The molecule has 1 aromatic rings. The molecule has 1 aliphatic heterocycles. The minimum absolute atomic E-state index is 0.103. The monoisotopic (exact) mass is 276 g/mol. The summed E-state index contributed by atoms with van der Waals surface area (Å²) in [7, 11) is 0. The summed E-state index contributed by atoms with van der Waals surface area (Å²) in [5.41, 5.74) is 1.000. The third-order valence-electron chi connectivity index (χ3n) is 3.80. The lowest BCUT2D eigenvalue weighted by Crippen LogP contribution is -2.42. The fourth-order valence-corrected chi connectivity index (χ4v) is 2.31. The van der Waals surface area contributed by atoms with Crippen LogP contribution in [0.15, 0.2) is 30.3 Å². The van der Waals surface area contributed by atoms with E-state index >= 15 is 0 Å². The van der Waals surface area contributed by atoms with E-state index in [1.807, 2.05) is 0 Å². The highest BCUT2D eigenvalue weighted by atomic mass is 19.1. The average Bonchev–Trinajstić information content (AvgIpc) is 2.45. The number of carbonyl (C=O) groups is 1. The minimum atomic E-state index is -0.273. The Morgan fingerprint density at radius 1 is 1.35 bits per heavy atom. The van der Waals surface area contributed by atoms with E-state index in [4.69, 9.17) is 0 Å². The van der Waals surface area contributed by atoms with Crippen LogP contribution in [0.25, 0.3) is 6.08 Å². The predicted molar refractivity (Wildman–Crippen MR) is 78.7 cm³/mol. The number of amides is 1. The first-order chi connectivity index (χ1) is 9.57. The topological polar surface area (TPSA) is 41.1 Å². The normalized spacial score (nSPS) is 18.1. The molecule has 20 heavy (non-hydrogen) atoms. The van der Waals surface area contributed by atoms with Crippen molar-refractivity contribution in [2.24, 2.45) is 5.41 Å². The molecule has 1 heterocycles. The van der Waals surface area contributed by atoms with Crippen molar-refractivity contribution in [2.45, 2.75) is 19.8 Å². The van der Waals surface area contributed by atoms with Gasteiger partial charge in [0.2, 0.25) is 5.91 Å². The second kappa shape index (κ2) is 6.66. The third kappa shape index (κ3) is 4.46. The molecule has 4 heteroatoms. The molecule has 0 unspecified atom stereocenters. The maximum atomic E-state index is 12.7. The first-order valence-electron chi connectivity index (χ1n) is 7.00. The van der Waals surface area contributed by atoms with Gasteiger partial charge in [0.15, 0.2) is 0 Å². The van der Waals surface area contributed by atoms with Crippen molar-refractivity contribution in [3.8, 4) is 0 Å². The molecule has 0 saturated carbocycles. The molecule has 1 aliphatic rings. The molecule has 2 rings (SSSR count). The first kappa shape index (κ1) is 14.7. The standard InChI is InChI=1S/C16H21FN2O/c1-16(8-10-18-11-9-16)12-19-15(20)7-4-13-2-5-14(17)6-3-13/h2-7,18H,8-12H2,1H3,(H,19,20)/b7-4+. The largest absolute Gasteiger partial charge is 0.352 e. The van der Waals surface area contributed by atoms with E-state index in [2.05, 4.69) is 17.6 Å². The SMILES string of the molecule is CC1(CNC(=O)/C=C/c2ccc(F)cc2)CCNCC1. The molecule has 108 valence electrons. The Labute approximate surface area is 119 Å². The van der Waals surface area contributed by atoms with E-state index in [0.29, 0.717) is 6.54 Å². The van der Waals surface area contributed by atoms with Crippen molar-refractivity contribution in [1.82, 2.24) is 10.6 Å². The Bertz CT molecular complexity index is 476. The number of nitrogens with one attached hydrogen (secondary N) is 2. The highest BCUT2D eigenvalue weighted by Crippen LogP contribution is 2.26. The second-order valence-electron chi connectivity index (χ2n) is 5.66. The molecule has 0 radical (unpaired) electrons. The summed E-state index contributed by atoms with van der Waals surface area (Å²) in [4.78, 5) is 11.8. The summed E-state index contributed by atoms with van der Waals surface area (Å²) in [6, 6.07) is 6.06. The van der Waals surface area contributed by atoms with Gasteiger partial charge in [0.05, 0.1) is 0 Å². The van der Waals surface area contributed by atoms with Crippen molar-refractivity contribution < 1.29 is 9.18 Å². The number of halogens is 1. The Morgan fingerprint density at radius 2 is 2.00 bits per heavy atom. The number of carbonyl (C=O) groups excluding carboxylic acids is 1. The van der Waals surface area contributed by atoms with Crippen LogP contribution < -0.4 is 10.6 Å². The Morgan fingerprint density at radius 3 is 2.65 bits per heavy atom. The molecular formula is C16H21FN2O. The predicted octanol–water partition coefficient (Wildman–Crippen LogP) is 2.34. The molecule has 1 fully saturated rings. The van der Waals surface area contributed by atoms with E-state index in [1.165, 1.54) is 18.2 Å². The number of benzene rings is 1. The van der Waals surface area contributed by atoms with Crippen LogP contribution in [0.5, 0.6) is 0 Å².